The second-order valence-corrected chi connectivity index (χ2v) is 11.0. The number of nitrogens with one attached hydrogen (secondary N) is 3. The van der Waals surface area contributed by atoms with E-state index < -0.39 is 5.91 Å². The normalized spacial score (nSPS) is 15.9. The Balaban J connectivity index is 1.42. The van der Waals surface area contributed by atoms with Gasteiger partial charge in [-0.2, -0.15) is 5.10 Å². The summed E-state index contributed by atoms with van der Waals surface area (Å²) >= 11 is 0. The van der Waals surface area contributed by atoms with Crippen molar-refractivity contribution in [1.29, 1.82) is 0 Å². The number of carbonyl (C=O) groups excluding carboxylic acids is 1. The number of rotatable bonds is 8. The third kappa shape index (κ3) is 6.18. The first-order valence-corrected chi connectivity index (χ1v) is 13.4. The summed E-state index contributed by atoms with van der Waals surface area (Å²) in [7, 11) is 0. The molecule has 0 aliphatic carbocycles. The standard InChI is InChI=1S/C28H35N9O3/c1-17-23(15-30-34-17)33-27-29-10-8-21(32-27)18-6-7-20-19(14-18)16-37(11-5-13-38)12-9-22(20)31-24(39)25-35-36-26(40-25)28(2,3)4/h6-8,10,14-15,22,38H,5,9,11-13,16H2,1-4H3,(H,30,34)(H,31,39)(H,29,32,33). The smallest absolute Gasteiger partial charge is 0.309 e. The summed E-state index contributed by atoms with van der Waals surface area (Å²) < 4.78 is 5.68. The summed E-state index contributed by atoms with van der Waals surface area (Å²) in [6.07, 6.45) is 4.87. The molecule has 4 aromatic rings. The Hall–Kier alpha value is -4.16. The lowest BCUT2D eigenvalue weighted by Gasteiger charge is -2.20. The van der Waals surface area contributed by atoms with Gasteiger partial charge < -0.3 is 20.2 Å². The van der Waals surface area contributed by atoms with Crippen molar-refractivity contribution >= 4 is 17.5 Å². The molecule has 12 heteroatoms. The zero-order valence-corrected chi connectivity index (χ0v) is 23.2. The van der Waals surface area contributed by atoms with Crippen molar-refractivity contribution in [3.8, 4) is 11.3 Å². The van der Waals surface area contributed by atoms with Crippen LogP contribution in [0.1, 0.15) is 73.1 Å². The average molecular weight is 546 g/mol. The zero-order chi connectivity index (χ0) is 28.3. The fourth-order valence-corrected chi connectivity index (χ4v) is 4.69. The highest BCUT2D eigenvalue weighted by Gasteiger charge is 2.28. The number of amides is 1. The van der Waals surface area contributed by atoms with E-state index in [-0.39, 0.29) is 24.0 Å². The van der Waals surface area contributed by atoms with Gasteiger partial charge in [0.05, 0.1) is 23.1 Å². The van der Waals surface area contributed by atoms with Crippen molar-refractivity contribution in [2.45, 2.75) is 58.5 Å². The molecule has 1 aliphatic heterocycles. The molecule has 4 heterocycles. The van der Waals surface area contributed by atoms with Gasteiger partial charge >= 0.3 is 11.8 Å². The van der Waals surface area contributed by atoms with Gasteiger partial charge in [0.2, 0.25) is 11.8 Å². The van der Waals surface area contributed by atoms with Crippen LogP contribution in [0.2, 0.25) is 0 Å². The van der Waals surface area contributed by atoms with E-state index in [1.54, 1.807) is 12.4 Å². The van der Waals surface area contributed by atoms with E-state index in [1.807, 2.05) is 39.8 Å². The summed E-state index contributed by atoms with van der Waals surface area (Å²) in [6, 6.07) is 7.81. The van der Waals surface area contributed by atoms with Crippen LogP contribution in [0, 0.1) is 6.92 Å². The van der Waals surface area contributed by atoms with Crippen LogP contribution in [0.4, 0.5) is 11.6 Å². The van der Waals surface area contributed by atoms with Gasteiger partial charge in [0.15, 0.2) is 0 Å². The maximum atomic E-state index is 13.1. The fourth-order valence-electron chi connectivity index (χ4n) is 4.69. The lowest BCUT2D eigenvalue weighted by atomic mass is 9.96. The lowest BCUT2D eigenvalue weighted by molar-refractivity contribution is 0.0894. The highest BCUT2D eigenvalue weighted by atomic mass is 16.4. The van der Waals surface area contributed by atoms with Crippen molar-refractivity contribution in [1.82, 2.24) is 40.6 Å². The second-order valence-electron chi connectivity index (χ2n) is 11.0. The van der Waals surface area contributed by atoms with Gasteiger partial charge in [-0.15, -0.1) is 10.2 Å². The molecule has 210 valence electrons. The number of H-pyrrole nitrogens is 1. The first-order chi connectivity index (χ1) is 19.2. The van der Waals surface area contributed by atoms with Crippen molar-refractivity contribution < 1.29 is 14.3 Å². The minimum absolute atomic E-state index is 0.0432. The average Bonchev–Trinajstić information content (AvgIpc) is 3.55. The maximum absolute atomic E-state index is 13.1. The Labute approximate surface area is 232 Å². The predicted octanol–water partition coefficient (Wildman–Crippen LogP) is 3.66. The molecule has 0 spiro atoms. The summed E-state index contributed by atoms with van der Waals surface area (Å²) in [4.78, 5) is 24.5. The Morgan fingerprint density at radius 2 is 2.10 bits per heavy atom. The molecule has 40 heavy (non-hydrogen) atoms. The molecular formula is C28H35N9O3. The van der Waals surface area contributed by atoms with Crippen molar-refractivity contribution in [2.24, 2.45) is 0 Å². The minimum Gasteiger partial charge on any atom is -0.416 e. The Kier molecular flexibility index (Phi) is 7.90. The number of benzene rings is 1. The summed E-state index contributed by atoms with van der Waals surface area (Å²) in [5.41, 5.74) is 5.11. The fraction of sp³-hybridized carbons (Fsp3) is 0.429. The van der Waals surface area contributed by atoms with Crippen LogP contribution >= 0.6 is 0 Å². The highest BCUT2D eigenvalue weighted by molar-refractivity contribution is 5.89. The highest BCUT2D eigenvalue weighted by Crippen LogP contribution is 2.31. The third-order valence-corrected chi connectivity index (χ3v) is 6.87. The number of aromatic nitrogens is 6. The van der Waals surface area contributed by atoms with Gasteiger partial charge in [-0.3, -0.25) is 14.8 Å². The molecule has 1 unspecified atom stereocenters. The number of aromatic amines is 1. The lowest BCUT2D eigenvalue weighted by Crippen LogP contribution is -2.30. The summed E-state index contributed by atoms with van der Waals surface area (Å²) in [5.74, 6) is 0.451. The van der Waals surface area contributed by atoms with Crippen LogP contribution in [-0.4, -0.2) is 66.0 Å². The van der Waals surface area contributed by atoms with E-state index in [9.17, 15) is 9.90 Å². The van der Waals surface area contributed by atoms with Crippen LogP contribution in [0.5, 0.6) is 0 Å². The number of aliphatic hydroxyl groups is 1. The number of hydrogen-bond acceptors (Lipinski definition) is 10. The van der Waals surface area contributed by atoms with E-state index in [1.165, 1.54) is 0 Å². The zero-order valence-electron chi connectivity index (χ0n) is 23.2. The number of carbonyl (C=O) groups is 1. The summed E-state index contributed by atoms with van der Waals surface area (Å²) in [5, 5.41) is 30.7. The minimum atomic E-state index is -0.395. The molecule has 4 N–H and O–H groups in total. The van der Waals surface area contributed by atoms with Crippen LogP contribution in [0.3, 0.4) is 0 Å². The molecule has 1 amide bonds. The molecule has 0 saturated heterocycles. The predicted molar refractivity (Wildman–Crippen MR) is 149 cm³/mol. The monoisotopic (exact) mass is 545 g/mol. The Morgan fingerprint density at radius 1 is 1.25 bits per heavy atom. The topological polar surface area (TPSA) is 158 Å². The number of nitrogens with zero attached hydrogens (tertiary/aromatic N) is 6. The van der Waals surface area contributed by atoms with Gasteiger partial charge in [-0.05, 0) is 43.0 Å². The maximum Gasteiger partial charge on any atom is 0.309 e. The van der Waals surface area contributed by atoms with Gasteiger partial charge in [-0.1, -0.05) is 32.9 Å². The summed E-state index contributed by atoms with van der Waals surface area (Å²) in [6.45, 7) is 10.1. The number of fused-ring (bicyclic) bond motifs is 1. The number of hydrogen-bond donors (Lipinski definition) is 4. The van der Waals surface area contributed by atoms with Crippen molar-refractivity contribution in [3.63, 3.8) is 0 Å². The molecule has 0 bridgehead atoms. The van der Waals surface area contributed by atoms with Gasteiger partial charge in [-0.25, -0.2) is 9.97 Å². The van der Waals surface area contributed by atoms with Crippen molar-refractivity contribution in [2.75, 3.05) is 25.0 Å². The quantitative estimate of drug-likeness (QED) is 0.257. The van der Waals surface area contributed by atoms with Crippen LogP contribution in [0.25, 0.3) is 11.3 Å². The molecule has 5 rings (SSSR count). The second kappa shape index (κ2) is 11.5. The van der Waals surface area contributed by atoms with E-state index in [4.69, 9.17) is 9.40 Å². The third-order valence-electron chi connectivity index (χ3n) is 6.87. The number of aliphatic hydroxyl groups excluding tert-OH is 1. The molecule has 1 atom stereocenters. The number of anilines is 2. The van der Waals surface area contributed by atoms with E-state index in [2.05, 4.69) is 53.0 Å². The number of aryl methyl sites for hydroxylation is 1. The van der Waals surface area contributed by atoms with Gasteiger partial charge in [0.1, 0.15) is 0 Å². The van der Waals surface area contributed by atoms with E-state index in [0.29, 0.717) is 31.2 Å². The van der Waals surface area contributed by atoms with Crippen LogP contribution < -0.4 is 10.6 Å². The van der Waals surface area contributed by atoms with E-state index in [0.717, 1.165) is 46.9 Å². The van der Waals surface area contributed by atoms with Crippen LogP contribution in [0.15, 0.2) is 41.1 Å². The SMILES string of the molecule is Cc1n[nH]cc1Nc1nccc(-c2ccc3c(c2)CN(CCCO)CCC3NC(=O)c2nnc(C(C)(C)C)o2)n1. The molecular weight excluding hydrogens is 510 g/mol. The Morgan fingerprint density at radius 3 is 2.83 bits per heavy atom. The molecule has 0 saturated carbocycles. The molecule has 1 aliphatic rings. The van der Waals surface area contributed by atoms with Crippen LogP contribution in [-0.2, 0) is 12.0 Å². The molecule has 3 aromatic heterocycles. The first kappa shape index (κ1) is 27.4. The molecule has 12 nitrogen and oxygen atoms in total. The molecule has 0 fully saturated rings. The first-order valence-electron chi connectivity index (χ1n) is 13.4. The van der Waals surface area contributed by atoms with Gasteiger partial charge in [0, 0.05) is 49.6 Å². The Bertz CT molecular complexity index is 1470. The largest absolute Gasteiger partial charge is 0.416 e. The van der Waals surface area contributed by atoms with Crippen molar-refractivity contribution in [3.05, 3.63) is 65.3 Å². The molecule has 1 aromatic carbocycles. The van der Waals surface area contributed by atoms with Gasteiger partial charge in [0.25, 0.3) is 0 Å². The van der Waals surface area contributed by atoms with E-state index >= 15 is 0 Å². The molecule has 0 radical (unpaired) electrons.